The topological polar surface area (TPSA) is 142 Å². The van der Waals surface area contributed by atoms with Gasteiger partial charge in [-0.3, -0.25) is 4.79 Å². The lowest BCUT2D eigenvalue weighted by molar-refractivity contribution is -0.143. The van der Waals surface area contributed by atoms with E-state index in [-0.39, 0.29) is 19.0 Å². The number of ether oxygens (including phenoxy) is 3. The molecule has 0 radical (unpaired) electrons. The second-order valence-electron chi connectivity index (χ2n) is 6.44. The van der Waals surface area contributed by atoms with Gasteiger partial charge in [0.1, 0.15) is 17.7 Å². The first-order valence-corrected chi connectivity index (χ1v) is 9.79. The highest BCUT2D eigenvalue weighted by molar-refractivity contribution is 5.93. The van der Waals surface area contributed by atoms with Crippen LogP contribution in [0.4, 0.5) is 11.5 Å². The quantitative estimate of drug-likeness (QED) is 0.273. The zero-order valence-corrected chi connectivity index (χ0v) is 17.7. The molecule has 2 heterocycles. The van der Waals surface area contributed by atoms with Gasteiger partial charge in [0.25, 0.3) is 0 Å². The Morgan fingerprint density at radius 3 is 2.78 bits per heavy atom. The number of furan rings is 1. The van der Waals surface area contributed by atoms with E-state index in [0.717, 1.165) is 22.0 Å². The van der Waals surface area contributed by atoms with Gasteiger partial charge in [-0.1, -0.05) is 0 Å². The van der Waals surface area contributed by atoms with Gasteiger partial charge in [-0.2, -0.15) is 0 Å². The number of methoxy groups -OCH3 is 1. The first-order valence-electron chi connectivity index (χ1n) is 9.79. The van der Waals surface area contributed by atoms with Gasteiger partial charge >= 0.3 is 5.97 Å². The molecule has 32 heavy (non-hydrogen) atoms. The van der Waals surface area contributed by atoms with Crippen LogP contribution in [0.3, 0.4) is 0 Å². The third-order valence-corrected chi connectivity index (χ3v) is 4.50. The molecule has 0 spiro atoms. The smallest absolute Gasteiger partial charge is 0.309 e. The number of nitrogens with one attached hydrogen (secondary N) is 1. The number of hydrogen-bond acceptors (Lipinski definition) is 10. The fourth-order valence-corrected chi connectivity index (χ4v) is 3.09. The Morgan fingerprint density at radius 1 is 1.16 bits per heavy atom. The third-order valence-electron chi connectivity index (χ3n) is 4.50. The van der Waals surface area contributed by atoms with Crippen molar-refractivity contribution < 1.29 is 28.6 Å². The second-order valence-corrected chi connectivity index (χ2v) is 6.44. The van der Waals surface area contributed by atoms with E-state index in [1.54, 1.807) is 32.4 Å². The lowest BCUT2D eigenvalue weighted by atomic mass is 10.2. The third kappa shape index (κ3) is 5.23. The zero-order valence-electron chi connectivity index (χ0n) is 17.7. The van der Waals surface area contributed by atoms with Crippen LogP contribution in [0.15, 0.2) is 53.4 Å². The van der Waals surface area contributed by atoms with Gasteiger partial charge in [0.15, 0.2) is 11.5 Å². The zero-order chi connectivity index (χ0) is 22.9. The van der Waals surface area contributed by atoms with Crippen LogP contribution < -0.4 is 20.7 Å². The summed E-state index contributed by atoms with van der Waals surface area (Å²) in [5, 5.41) is 11.6. The fourth-order valence-electron chi connectivity index (χ4n) is 3.09. The van der Waals surface area contributed by atoms with Crippen molar-refractivity contribution in [2.75, 3.05) is 25.6 Å². The Hall–Kier alpha value is -3.89. The van der Waals surface area contributed by atoms with Crippen molar-refractivity contribution in [2.24, 2.45) is 5.90 Å². The largest absolute Gasteiger partial charge is 0.493 e. The van der Waals surface area contributed by atoms with Crippen molar-refractivity contribution in [1.29, 1.82) is 0 Å². The Morgan fingerprint density at radius 2 is 2.00 bits per heavy atom. The molecule has 2 aromatic carbocycles. The summed E-state index contributed by atoms with van der Waals surface area (Å²) < 4.78 is 21.5. The molecule has 10 nitrogen and oxygen atoms in total. The molecule has 0 bridgehead atoms. The van der Waals surface area contributed by atoms with Crippen LogP contribution in [0.25, 0.3) is 21.9 Å². The standard InChI is InChI=1S/C22H21N3O5.H3NO/c1-3-28-21(26)7-9-30-20-11-16-17(12-19(20)27-2)23-13-24-22(16)25-15-4-5-18-14(10-15)6-8-29-18;1-2/h4-6,8,10-13H,3,7,9H2,1-2H3,(H,23,24,25);2H,1H2. The minimum absolute atomic E-state index is 0.149. The van der Waals surface area contributed by atoms with E-state index in [1.165, 1.54) is 6.33 Å². The molecule has 0 amide bonds. The molecular formula is C22H24N4O6. The van der Waals surface area contributed by atoms with Crippen LogP contribution in [0.5, 0.6) is 11.5 Å². The number of nitrogens with zero attached hydrogens (tertiary/aromatic N) is 2. The highest BCUT2D eigenvalue weighted by atomic mass is 16.5. The lowest BCUT2D eigenvalue weighted by Crippen LogP contribution is -2.10. The molecule has 4 rings (SSSR count). The minimum atomic E-state index is -0.308. The van der Waals surface area contributed by atoms with Gasteiger partial charge < -0.3 is 29.2 Å². The van der Waals surface area contributed by atoms with Crippen molar-refractivity contribution in [1.82, 2.24) is 9.97 Å². The monoisotopic (exact) mass is 440 g/mol. The summed E-state index contributed by atoms with van der Waals surface area (Å²) in [5.74, 6) is 4.84. The number of anilines is 2. The van der Waals surface area contributed by atoms with Crippen LogP contribution in [-0.4, -0.2) is 41.5 Å². The van der Waals surface area contributed by atoms with Crippen LogP contribution in [-0.2, 0) is 9.53 Å². The van der Waals surface area contributed by atoms with Crippen molar-refractivity contribution in [3.8, 4) is 11.5 Å². The predicted molar refractivity (Wildman–Crippen MR) is 118 cm³/mol. The Labute approximate surface area is 183 Å². The number of fused-ring (bicyclic) bond motifs is 2. The average molecular weight is 440 g/mol. The maximum atomic E-state index is 11.6. The first kappa shape index (κ1) is 22.8. The Bertz CT molecular complexity index is 1190. The number of benzene rings is 2. The summed E-state index contributed by atoms with van der Waals surface area (Å²) in [6.45, 7) is 2.29. The fraction of sp³-hybridized carbons (Fsp3) is 0.227. The van der Waals surface area contributed by atoms with E-state index in [4.69, 9.17) is 23.8 Å². The predicted octanol–water partition coefficient (Wildman–Crippen LogP) is 3.79. The molecule has 0 saturated carbocycles. The van der Waals surface area contributed by atoms with Gasteiger partial charge in [-0.05, 0) is 37.3 Å². The molecule has 4 N–H and O–H groups in total. The Balaban J connectivity index is 0.00000141. The van der Waals surface area contributed by atoms with Crippen molar-refractivity contribution in [3.63, 3.8) is 0 Å². The van der Waals surface area contributed by atoms with E-state index in [9.17, 15) is 4.79 Å². The molecule has 10 heteroatoms. The molecule has 0 aliphatic rings. The van der Waals surface area contributed by atoms with Gasteiger partial charge in [0.05, 0.1) is 38.5 Å². The van der Waals surface area contributed by atoms with E-state index in [2.05, 4.69) is 21.2 Å². The molecule has 2 aromatic heterocycles. The van der Waals surface area contributed by atoms with Crippen molar-refractivity contribution >= 4 is 39.3 Å². The number of hydrogen-bond donors (Lipinski definition) is 3. The molecule has 0 fully saturated rings. The molecule has 0 saturated heterocycles. The summed E-state index contributed by atoms with van der Waals surface area (Å²) in [6, 6.07) is 11.3. The van der Waals surface area contributed by atoms with Crippen LogP contribution >= 0.6 is 0 Å². The van der Waals surface area contributed by atoms with Crippen LogP contribution in [0.1, 0.15) is 13.3 Å². The van der Waals surface area contributed by atoms with Gasteiger partial charge in [-0.25, -0.2) is 15.9 Å². The number of carbonyl (C=O) groups is 1. The summed E-state index contributed by atoms with van der Waals surface area (Å²) in [7, 11) is 1.56. The second kappa shape index (κ2) is 10.9. The van der Waals surface area contributed by atoms with Gasteiger partial charge in [0, 0.05) is 22.5 Å². The van der Waals surface area contributed by atoms with Crippen LogP contribution in [0.2, 0.25) is 0 Å². The summed E-state index contributed by atoms with van der Waals surface area (Å²) in [4.78, 5) is 20.3. The lowest BCUT2D eigenvalue weighted by Gasteiger charge is -2.14. The number of aromatic nitrogens is 2. The Kier molecular flexibility index (Phi) is 7.79. The first-order chi connectivity index (χ1) is 15.7. The van der Waals surface area contributed by atoms with E-state index in [0.29, 0.717) is 29.4 Å². The number of rotatable bonds is 8. The van der Waals surface area contributed by atoms with Crippen molar-refractivity contribution in [2.45, 2.75) is 13.3 Å². The molecule has 0 aliphatic carbocycles. The van der Waals surface area contributed by atoms with Gasteiger partial charge in [-0.15, -0.1) is 0 Å². The maximum absolute atomic E-state index is 11.6. The van der Waals surface area contributed by atoms with E-state index >= 15 is 0 Å². The molecule has 0 aliphatic heterocycles. The average Bonchev–Trinajstić information content (AvgIpc) is 3.28. The summed E-state index contributed by atoms with van der Waals surface area (Å²) in [6.07, 6.45) is 3.29. The highest BCUT2D eigenvalue weighted by Gasteiger charge is 2.13. The summed E-state index contributed by atoms with van der Waals surface area (Å²) >= 11 is 0. The van der Waals surface area contributed by atoms with Gasteiger partial charge in [0.2, 0.25) is 0 Å². The van der Waals surface area contributed by atoms with E-state index < -0.39 is 0 Å². The molecule has 0 unspecified atom stereocenters. The van der Waals surface area contributed by atoms with Crippen LogP contribution in [0, 0.1) is 0 Å². The molecule has 4 aromatic rings. The molecular weight excluding hydrogens is 416 g/mol. The SMILES string of the molecule is CCOC(=O)CCOc1cc2c(Nc3ccc4occc4c3)ncnc2cc1OC.NO. The minimum Gasteiger partial charge on any atom is -0.493 e. The van der Waals surface area contributed by atoms with E-state index in [1.807, 2.05) is 24.3 Å². The number of nitrogens with two attached hydrogens (primary N) is 1. The molecule has 0 atom stereocenters. The highest BCUT2D eigenvalue weighted by Crippen LogP contribution is 2.35. The molecule has 168 valence electrons. The maximum Gasteiger partial charge on any atom is 0.309 e. The number of carbonyl (C=O) groups excluding carboxylic acids is 1. The van der Waals surface area contributed by atoms with Crippen molar-refractivity contribution in [3.05, 3.63) is 49.0 Å². The normalized spacial score (nSPS) is 10.4. The summed E-state index contributed by atoms with van der Waals surface area (Å²) in [5.41, 5.74) is 2.38. The number of esters is 1.